The van der Waals surface area contributed by atoms with Crippen molar-refractivity contribution in [2.24, 2.45) is 0 Å². The molecule has 1 aliphatic carbocycles. The molecule has 0 bridgehead atoms. The molecular formula is C13H13Cl2NO3. The van der Waals surface area contributed by atoms with Gasteiger partial charge in [-0.1, -0.05) is 35.3 Å². The second-order valence-electron chi connectivity index (χ2n) is 4.54. The van der Waals surface area contributed by atoms with Crippen molar-refractivity contribution < 1.29 is 14.7 Å². The normalized spacial score (nSPS) is 15.9. The predicted octanol–water partition coefficient (Wildman–Crippen LogP) is 3.13. The van der Waals surface area contributed by atoms with Crippen LogP contribution >= 0.6 is 23.2 Å². The molecule has 0 saturated heterocycles. The SMILES string of the molecule is CC(=O)N(C1CC1)C(C(=O)O)c1cccc(Cl)c1Cl. The molecule has 1 amide bonds. The highest BCUT2D eigenvalue weighted by molar-refractivity contribution is 6.42. The van der Waals surface area contributed by atoms with Gasteiger partial charge < -0.3 is 10.0 Å². The van der Waals surface area contributed by atoms with E-state index < -0.39 is 12.0 Å². The molecule has 1 aromatic carbocycles. The van der Waals surface area contributed by atoms with Crippen molar-refractivity contribution in [1.82, 2.24) is 4.90 Å². The minimum absolute atomic E-state index is 0.0198. The van der Waals surface area contributed by atoms with Crippen molar-refractivity contribution in [3.8, 4) is 0 Å². The number of hydrogen-bond donors (Lipinski definition) is 1. The van der Waals surface area contributed by atoms with Crippen LogP contribution in [0.2, 0.25) is 10.0 Å². The van der Waals surface area contributed by atoms with Crippen molar-refractivity contribution in [2.75, 3.05) is 0 Å². The van der Waals surface area contributed by atoms with E-state index in [-0.39, 0.29) is 22.0 Å². The van der Waals surface area contributed by atoms with Gasteiger partial charge in [-0.2, -0.15) is 0 Å². The Morgan fingerprint density at radius 1 is 1.37 bits per heavy atom. The summed E-state index contributed by atoms with van der Waals surface area (Å²) in [6, 6.07) is 3.70. The first-order chi connectivity index (χ1) is 8.93. The molecule has 4 nitrogen and oxygen atoms in total. The number of amides is 1. The minimum Gasteiger partial charge on any atom is -0.479 e. The molecule has 0 spiro atoms. The van der Waals surface area contributed by atoms with E-state index in [2.05, 4.69) is 0 Å². The number of halogens is 2. The topological polar surface area (TPSA) is 57.6 Å². The van der Waals surface area contributed by atoms with Gasteiger partial charge in [-0.15, -0.1) is 0 Å². The van der Waals surface area contributed by atoms with Crippen LogP contribution in [0, 0.1) is 0 Å². The highest BCUT2D eigenvalue weighted by Gasteiger charge is 2.40. The van der Waals surface area contributed by atoms with E-state index in [1.165, 1.54) is 11.8 Å². The Hall–Kier alpha value is -1.26. The van der Waals surface area contributed by atoms with E-state index in [0.29, 0.717) is 5.56 Å². The number of carboxylic acids is 1. The van der Waals surface area contributed by atoms with Crippen LogP contribution in [0.25, 0.3) is 0 Å². The number of nitrogens with zero attached hydrogens (tertiary/aromatic N) is 1. The molecule has 0 radical (unpaired) electrons. The number of rotatable bonds is 4. The molecule has 1 N–H and O–H groups in total. The van der Waals surface area contributed by atoms with Crippen LogP contribution in [0.4, 0.5) is 0 Å². The smallest absolute Gasteiger partial charge is 0.331 e. The van der Waals surface area contributed by atoms with E-state index >= 15 is 0 Å². The Morgan fingerprint density at radius 2 is 2.00 bits per heavy atom. The van der Waals surface area contributed by atoms with E-state index in [4.69, 9.17) is 23.2 Å². The molecular weight excluding hydrogens is 289 g/mol. The molecule has 0 heterocycles. The number of carbonyl (C=O) groups is 2. The number of carbonyl (C=O) groups excluding carboxylic acids is 1. The summed E-state index contributed by atoms with van der Waals surface area (Å²) in [6.45, 7) is 1.37. The molecule has 1 unspecified atom stereocenters. The summed E-state index contributed by atoms with van der Waals surface area (Å²) in [5, 5.41) is 9.91. The first kappa shape index (κ1) is 14.2. The van der Waals surface area contributed by atoms with Crippen LogP contribution in [0.15, 0.2) is 18.2 Å². The van der Waals surface area contributed by atoms with Gasteiger partial charge in [0.25, 0.3) is 0 Å². The highest BCUT2D eigenvalue weighted by Crippen LogP contribution is 2.38. The lowest BCUT2D eigenvalue weighted by Crippen LogP contribution is -2.39. The fourth-order valence-electron chi connectivity index (χ4n) is 2.14. The lowest BCUT2D eigenvalue weighted by molar-refractivity contribution is -0.150. The third-order valence-corrected chi connectivity index (χ3v) is 3.93. The van der Waals surface area contributed by atoms with Gasteiger partial charge in [-0.25, -0.2) is 4.79 Å². The summed E-state index contributed by atoms with van der Waals surface area (Å²) in [5.41, 5.74) is 0.351. The van der Waals surface area contributed by atoms with Gasteiger partial charge in [0.05, 0.1) is 10.0 Å². The van der Waals surface area contributed by atoms with E-state index in [1.807, 2.05) is 0 Å². The number of benzene rings is 1. The fraction of sp³-hybridized carbons (Fsp3) is 0.385. The number of hydrogen-bond acceptors (Lipinski definition) is 2. The number of carboxylic acid groups (broad SMARTS) is 1. The van der Waals surface area contributed by atoms with Gasteiger partial charge in [0.15, 0.2) is 6.04 Å². The Morgan fingerprint density at radius 3 is 2.47 bits per heavy atom. The second-order valence-corrected chi connectivity index (χ2v) is 5.33. The van der Waals surface area contributed by atoms with Crippen LogP contribution in [0.1, 0.15) is 31.4 Å². The van der Waals surface area contributed by atoms with Crippen molar-refractivity contribution in [3.05, 3.63) is 33.8 Å². The summed E-state index contributed by atoms with van der Waals surface area (Å²) in [7, 11) is 0. The summed E-state index contributed by atoms with van der Waals surface area (Å²) in [5.74, 6) is -1.38. The summed E-state index contributed by atoms with van der Waals surface area (Å²) in [6.07, 6.45) is 1.64. The van der Waals surface area contributed by atoms with Crippen molar-refractivity contribution in [2.45, 2.75) is 31.8 Å². The molecule has 1 aromatic rings. The Balaban J connectivity index is 2.47. The maximum Gasteiger partial charge on any atom is 0.331 e. The lowest BCUT2D eigenvalue weighted by atomic mass is 10.0. The maximum atomic E-state index is 11.7. The molecule has 0 aliphatic heterocycles. The molecule has 2 rings (SSSR count). The largest absolute Gasteiger partial charge is 0.479 e. The minimum atomic E-state index is -1.11. The average Bonchev–Trinajstić information content (AvgIpc) is 3.13. The average molecular weight is 302 g/mol. The van der Waals surface area contributed by atoms with E-state index in [0.717, 1.165) is 12.8 Å². The van der Waals surface area contributed by atoms with Gasteiger partial charge in [-0.05, 0) is 18.9 Å². The fourth-order valence-corrected chi connectivity index (χ4v) is 2.55. The first-order valence-corrected chi connectivity index (χ1v) is 6.64. The Labute approximate surface area is 120 Å². The standard InChI is InChI=1S/C13H13Cl2NO3/c1-7(17)16(8-5-6-8)12(13(18)19)9-3-2-4-10(14)11(9)15/h2-4,8,12H,5-6H2,1H3,(H,18,19). The zero-order chi connectivity index (χ0) is 14.2. The van der Waals surface area contributed by atoms with Gasteiger partial charge >= 0.3 is 5.97 Å². The third-order valence-electron chi connectivity index (χ3n) is 3.09. The zero-order valence-electron chi connectivity index (χ0n) is 10.3. The molecule has 102 valence electrons. The molecule has 1 saturated carbocycles. The quantitative estimate of drug-likeness (QED) is 0.929. The van der Waals surface area contributed by atoms with Crippen LogP contribution in [-0.2, 0) is 9.59 Å². The Bertz CT molecular complexity index is 529. The third kappa shape index (κ3) is 2.85. The first-order valence-electron chi connectivity index (χ1n) is 5.89. The van der Waals surface area contributed by atoms with Gasteiger partial charge in [0.1, 0.15) is 0 Å². The number of aliphatic carboxylic acids is 1. The molecule has 1 atom stereocenters. The lowest BCUT2D eigenvalue weighted by Gasteiger charge is -2.29. The van der Waals surface area contributed by atoms with Gasteiger partial charge in [0.2, 0.25) is 5.91 Å². The monoisotopic (exact) mass is 301 g/mol. The van der Waals surface area contributed by atoms with Crippen LogP contribution in [0.3, 0.4) is 0 Å². The maximum absolute atomic E-state index is 11.7. The van der Waals surface area contributed by atoms with E-state index in [9.17, 15) is 14.7 Å². The van der Waals surface area contributed by atoms with Gasteiger partial charge in [-0.3, -0.25) is 4.79 Å². The molecule has 0 aromatic heterocycles. The molecule has 1 aliphatic rings. The summed E-state index contributed by atoms with van der Waals surface area (Å²) < 4.78 is 0. The highest BCUT2D eigenvalue weighted by atomic mass is 35.5. The Kier molecular flexibility index (Phi) is 4.02. The molecule has 6 heteroatoms. The van der Waals surface area contributed by atoms with E-state index in [1.54, 1.807) is 18.2 Å². The van der Waals surface area contributed by atoms with Crippen molar-refractivity contribution in [3.63, 3.8) is 0 Å². The molecule has 19 heavy (non-hydrogen) atoms. The van der Waals surface area contributed by atoms with Crippen molar-refractivity contribution in [1.29, 1.82) is 0 Å². The van der Waals surface area contributed by atoms with Crippen LogP contribution in [-0.4, -0.2) is 27.9 Å². The summed E-state index contributed by atoms with van der Waals surface area (Å²) >= 11 is 12.0. The zero-order valence-corrected chi connectivity index (χ0v) is 11.8. The van der Waals surface area contributed by atoms with Crippen LogP contribution in [0.5, 0.6) is 0 Å². The second kappa shape index (κ2) is 5.39. The van der Waals surface area contributed by atoms with Crippen LogP contribution < -0.4 is 0 Å². The predicted molar refractivity (Wildman–Crippen MR) is 72.4 cm³/mol. The van der Waals surface area contributed by atoms with Gasteiger partial charge in [0, 0.05) is 18.5 Å². The molecule has 1 fully saturated rings. The summed E-state index contributed by atoms with van der Waals surface area (Å²) in [4.78, 5) is 24.6. The van der Waals surface area contributed by atoms with Crippen molar-refractivity contribution >= 4 is 35.1 Å².